The molecule has 0 radical (unpaired) electrons. The summed E-state index contributed by atoms with van der Waals surface area (Å²) in [5.41, 5.74) is 3.15. The van der Waals surface area contributed by atoms with Crippen LogP contribution in [0.25, 0.3) is 5.69 Å². The fourth-order valence-corrected chi connectivity index (χ4v) is 3.32. The summed E-state index contributed by atoms with van der Waals surface area (Å²) in [4.78, 5) is 19.5. The molecule has 1 aliphatic carbocycles. The molecule has 1 fully saturated rings. The number of aryl methyl sites for hydroxylation is 2. The van der Waals surface area contributed by atoms with Gasteiger partial charge in [-0.3, -0.25) is 4.79 Å². The van der Waals surface area contributed by atoms with Crippen molar-refractivity contribution in [3.8, 4) is 5.69 Å². The van der Waals surface area contributed by atoms with Gasteiger partial charge in [0, 0.05) is 17.6 Å². The molecule has 3 aromatic rings. The van der Waals surface area contributed by atoms with Crippen LogP contribution in [0.15, 0.2) is 48.5 Å². The highest BCUT2D eigenvalue weighted by Crippen LogP contribution is 2.29. The van der Waals surface area contributed by atoms with E-state index in [-0.39, 0.29) is 17.8 Å². The molecule has 0 aliphatic heterocycles. The number of carbonyl (C=O) groups excluding carboxylic acids is 1. The summed E-state index contributed by atoms with van der Waals surface area (Å²) >= 11 is 5.96. The molecule has 1 saturated carbocycles. The van der Waals surface area contributed by atoms with Gasteiger partial charge < -0.3 is 4.90 Å². The summed E-state index contributed by atoms with van der Waals surface area (Å²) in [7, 11) is 0. The van der Waals surface area contributed by atoms with Crippen LogP contribution in [0.2, 0.25) is 5.02 Å². The SMILES string of the molecule is Cc1cccc(CN(C(=O)c2nc(C)n(-c3ccc(Cl)cc3)n2)C2CC2)c1. The molecular formula is C21H21ClN4O. The first-order valence-corrected chi connectivity index (χ1v) is 9.45. The van der Waals surface area contributed by atoms with E-state index in [9.17, 15) is 4.79 Å². The van der Waals surface area contributed by atoms with Crippen LogP contribution in [-0.4, -0.2) is 31.6 Å². The molecule has 1 aromatic heterocycles. The van der Waals surface area contributed by atoms with Crippen molar-refractivity contribution in [3.63, 3.8) is 0 Å². The first-order chi connectivity index (χ1) is 13.0. The quantitative estimate of drug-likeness (QED) is 0.661. The normalized spacial score (nSPS) is 13.6. The van der Waals surface area contributed by atoms with Crippen LogP contribution in [0, 0.1) is 13.8 Å². The van der Waals surface area contributed by atoms with Gasteiger partial charge >= 0.3 is 0 Å². The second-order valence-corrected chi connectivity index (χ2v) is 7.46. The van der Waals surface area contributed by atoms with E-state index in [0.29, 0.717) is 17.4 Å². The minimum absolute atomic E-state index is 0.116. The van der Waals surface area contributed by atoms with Crippen LogP contribution in [0.5, 0.6) is 0 Å². The third-order valence-corrected chi connectivity index (χ3v) is 4.97. The Labute approximate surface area is 163 Å². The molecule has 2 aromatic carbocycles. The lowest BCUT2D eigenvalue weighted by atomic mass is 10.1. The first-order valence-electron chi connectivity index (χ1n) is 9.07. The maximum atomic E-state index is 13.1. The van der Waals surface area contributed by atoms with Gasteiger partial charge in [0.15, 0.2) is 0 Å². The number of amides is 1. The van der Waals surface area contributed by atoms with Gasteiger partial charge in [0.2, 0.25) is 5.82 Å². The zero-order valence-electron chi connectivity index (χ0n) is 15.4. The summed E-state index contributed by atoms with van der Waals surface area (Å²) in [5.74, 6) is 0.795. The lowest BCUT2D eigenvalue weighted by Gasteiger charge is -2.21. The van der Waals surface area contributed by atoms with E-state index >= 15 is 0 Å². The monoisotopic (exact) mass is 380 g/mol. The summed E-state index contributed by atoms with van der Waals surface area (Å²) < 4.78 is 1.68. The topological polar surface area (TPSA) is 51.0 Å². The van der Waals surface area contributed by atoms with Gasteiger partial charge in [0.05, 0.1) is 5.69 Å². The van der Waals surface area contributed by atoms with Crippen molar-refractivity contribution in [2.24, 2.45) is 0 Å². The molecule has 0 spiro atoms. The van der Waals surface area contributed by atoms with Crippen molar-refractivity contribution >= 4 is 17.5 Å². The number of hydrogen-bond acceptors (Lipinski definition) is 3. The lowest BCUT2D eigenvalue weighted by molar-refractivity contribution is 0.0717. The second kappa shape index (κ2) is 7.16. The maximum Gasteiger partial charge on any atom is 0.294 e. The van der Waals surface area contributed by atoms with Crippen LogP contribution in [0.3, 0.4) is 0 Å². The predicted octanol–water partition coefficient (Wildman–Crippen LogP) is 4.34. The number of rotatable bonds is 5. The molecule has 1 aliphatic rings. The summed E-state index contributed by atoms with van der Waals surface area (Å²) in [5, 5.41) is 5.13. The third kappa shape index (κ3) is 3.88. The zero-order chi connectivity index (χ0) is 19.0. The molecule has 0 unspecified atom stereocenters. The molecule has 1 amide bonds. The molecule has 0 N–H and O–H groups in total. The van der Waals surface area contributed by atoms with Gasteiger partial charge in [0.25, 0.3) is 5.91 Å². The largest absolute Gasteiger partial charge is 0.329 e. The van der Waals surface area contributed by atoms with Gasteiger partial charge in [0.1, 0.15) is 5.82 Å². The van der Waals surface area contributed by atoms with Gasteiger partial charge in [-0.25, -0.2) is 9.67 Å². The average molecular weight is 381 g/mol. The van der Waals surface area contributed by atoms with Crippen LogP contribution >= 0.6 is 11.6 Å². The number of halogens is 1. The lowest BCUT2D eigenvalue weighted by Crippen LogP contribution is -2.33. The minimum Gasteiger partial charge on any atom is -0.329 e. The van der Waals surface area contributed by atoms with E-state index in [0.717, 1.165) is 24.1 Å². The van der Waals surface area contributed by atoms with Crippen LogP contribution < -0.4 is 0 Å². The van der Waals surface area contributed by atoms with E-state index < -0.39 is 0 Å². The Morgan fingerprint density at radius 3 is 2.59 bits per heavy atom. The Bertz CT molecular complexity index is 976. The standard InChI is InChI=1S/C21H21ClN4O/c1-14-4-3-5-16(12-14)13-25(18-10-11-18)21(27)20-23-15(2)26(24-20)19-8-6-17(22)7-9-19/h3-9,12,18H,10-11,13H2,1-2H3. The van der Waals surface area contributed by atoms with Crippen LogP contribution in [-0.2, 0) is 6.54 Å². The van der Waals surface area contributed by atoms with Crippen molar-refractivity contribution in [3.05, 3.63) is 76.3 Å². The Kier molecular flexibility index (Phi) is 4.70. The maximum absolute atomic E-state index is 13.1. The van der Waals surface area contributed by atoms with Crippen molar-refractivity contribution in [1.82, 2.24) is 19.7 Å². The minimum atomic E-state index is -0.116. The molecule has 0 saturated heterocycles. The first kappa shape index (κ1) is 17.7. The second-order valence-electron chi connectivity index (χ2n) is 7.02. The van der Waals surface area contributed by atoms with E-state index in [4.69, 9.17) is 11.6 Å². The number of nitrogens with zero attached hydrogens (tertiary/aromatic N) is 4. The van der Waals surface area contributed by atoms with Crippen molar-refractivity contribution in [2.45, 2.75) is 39.3 Å². The Hall–Kier alpha value is -2.66. The van der Waals surface area contributed by atoms with E-state index in [2.05, 4.69) is 35.2 Å². The molecule has 4 rings (SSSR count). The molecule has 0 atom stereocenters. The molecule has 1 heterocycles. The van der Waals surface area contributed by atoms with Gasteiger partial charge in [-0.05, 0) is 56.5 Å². The molecule has 27 heavy (non-hydrogen) atoms. The van der Waals surface area contributed by atoms with E-state index in [1.54, 1.807) is 16.8 Å². The molecule has 6 heteroatoms. The van der Waals surface area contributed by atoms with E-state index in [1.807, 2.05) is 30.0 Å². The summed E-state index contributed by atoms with van der Waals surface area (Å²) in [6.45, 7) is 4.49. The number of hydrogen-bond donors (Lipinski definition) is 0. The summed E-state index contributed by atoms with van der Waals surface area (Å²) in [6.07, 6.45) is 2.07. The Morgan fingerprint density at radius 2 is 1.93 bits per heavy atom. The third-order valence-electron chi connectivity index (χ3n) is 4.72. The highest BCUT2D eigenvalue weighted by molar-refractivity contribution is 6.30. The number of carbonyl (C=O) groups is 1. The van der Waals surface area contributed by atoms with Crippen molar-refractivity contribution in [1.29, 1.82) is 0 Å². The summed E-state index contributed by atoms with van der Waals surface area (Å²) in [6, 6.07) is 15.9. The molecule has 138 valence electrons. The highest BCUT2D eigenvalue weighted by atomic mass is 35.5. The fraction of sp³-hybridized carbons (Fsp3) is 0.286. The smallest absolute Gasteiger partial charge is 0.294 e. The number of benzene rings is 2. The van der Waals surface area contributed by atoms with Crippen LogP contribution in [0.1, 0.15) is 40.4 Å². The Balaban J connectivity index is 1.60. The average Bonchev–Trinajstić information content (AvgIpc) is 3.42. The molecule has 0 bridgehead atoms. The molecular weight excluding hydrogens is 360 g/mol. The van der Waals surface area contributed by atoms with Gasteiger partial charge in [-0.1, -0.05) is 41.4 Å². The highest BCUT2D eigenvalue weighted by Gasteiger charge is 2.35. The van der Waals surface area contributed by atoms with Gasteiger partial charge in [-0.15, -0.1) is 5.10 Å². The van der Waals surface area contributed by atoms with E-state index in [1.165, 1.54) is 5.56 Å². The fourth-order valence-electron chi connectivity index (χ4n) is 3.20. The van der Waals surface area contributed by atoms with Crippen LogP contribution in [0.4, 0.5) is 0 Å². The predicted molar refractivity (Wildman–Crippen MR) is 105 cm³/mol. The molecule has 5 nitrogen and oxygen atoms in total. The number of aromatic nitrogens is 3. The van der Waals surface area contributed by atoms with Crippen molar-refractivity contribution < 1.29 is 4.79 Å². The zero-order valence-corrected chi connectivity index (χ0v) is 16.1. The van der Waals surface area contributed by atoms with Gasteiger partial charge in [-0.2, -0.15) is 0 Å². The Morgan fingerprint density at radius 1 is 1.19 bits per heavy atom. The van der Waals surface area contributed by atoms with Crippen molar-refractivity contribution in [2.75, 3.05) is 0 Å².